The van der Waals surface area contributed by atoms with Crippen molar-refractivity contribution in [3.63, 3.8) is 0 Å². The van der Waals surface area contributed by atoms with E-state index < -0.39 is 0 Å². The van der Waals surface area contributed by atoms with Gasteiger partial charge in [-0.2, -0.15) is 0 Å². The lowest BCUT2D eigenvalue weighted by molar-refractivity contribution is 0.216. The van der Waals surface area contributed by atoms with E-state index in [0.717, 1.165) is 17.8 Å². The van der Waals surface area contributed by atoms with Crippen molar-refractivity contribution in [3.05, 3.63) is 35.4 Å². The van der Waals surface area contributed by atoms with Crippen LogP contribution >= 0.6 is 0 Å². The standard InChI is InChI=1S/C24H40/c1-4-6-8-9-10-11-21-13-15-23(16-14-21)24-18-17-22(12-7-5-2)20(3)19-24/h13-16,20,22,24H,4-12,17-19H2,1-3H3. The molecule has 2 rings (SSSR count). The van der Waals surface area contributed by atoms with E-state index >= 15 is 0 Å². The third kappa shape index (κ3) is 6.26. The van der Waals surface area contributed by atoms with Crippen LogP contribution in [0.4, 0.5) is 0 Å². The molecule has 0 nitrogen and oxygen atoms in total. The number of benzene rings is 1. The first-order valence-corrected chi connectivity index (χ1v) is 10.8. The molecule has 0 heterocycles. The SMILES string of the molecule is CCCCCCCc1ccc(C2CCC(CCCC)C(C)C2)cc1. The third-order valence-corrected chi connectivity index (χ3v) is 6.30. The van der Waals surface area contributed by atoms with E-state index in [2.05, 4.69) is 45.0 Å². The quantitative estimate of drug-likeness (QED) is 0.383. The first-order valence-electron chi connectivity index (χ1n) is 10.8. The maximum Gasteiger partial charge on any atom is -0.0159 e. The Kier molecular flexibility index (Phi) is 8.92. The van der Waals surface area contributed by atoms with Crippen LogP contribution in [0.5, 0.6) is 0 Å². The van der Waals surface area contributed by atoms with Gasteiger partial charge in [0.2, 0.25) is 0 Å². The summed E-state index contributed by atoms with van der Waals surface area (Å²) in [6, 6.07) is 9.68. The summed E-state index contributed by atoms with van der Waals surface area (Å²) in [7, 11) is 0. The maximum atomic E-state index is 2.50. The van der Waals surface area contributed by atoms with Crippen LogP contribution in [0, 0.1) is 11.8 Å². The van der Waals surface area contributed by atoms with Crippen molar-refractivity contribution in [2.45, 2.75) is 104 Å². The molecular formula is C24H40. The Labute approximate surface area is 151 Å². The van der Waals surface area contributed by atoms with Gasteiger partial charge in [-0.25, -0.2) is 0 Å². The normalized spacial score (nSPS) is 24.2. The van der Waals surface area contributed by atoms with Gasteiger partial charge in [0.05, 0.1) is 0 Å². The van der Waals surface area contributed by atoms with Gasteiger partial charge in [0, 0.05) is 0 Å². The Hall–Kier alpha value is -0.780. The van der Waals surface area contributed by atoms with Crippen molar-refractivity contribution in [1.82, 2.24) is 0 Å². The number of hydrogen-bond donors (Lipinski definition) is 0. The summed E-state index contributed by atoms with van der Waals surface area (Å²) in [5.74, 6) is 2.72. The number of hydrogen-bond acceptors (Lipinski definition) is 0. The van der Waals surface area contributed by atoms with Crippen LogP contribution in [0.15, 0.2) is 24.3 Å². The first kappa shape index (κ1) is 19.5. The lowest BCUT2D eigenvalue weighted by atomic mass is 9.71. The molecule has 0 N–H and O–H groups in total. The van der Waals surface area contributed by atoms with Crippen LogP contribution in [0.3, 0.4) is 0 Å². The number of unbranched alkanes of at least 4 members (excludes halogenated alkanes) is 5. The van der Waals surface area contributed by atoms with Crippen molar-refractivity contribution in [2.75, 3.05) is 0 Å². The molecule has 1 aliphatic rings. The van der Waals surface area contributed by atoms with Crippen LogP contribution in [-0.4, -0.2) is 0 Å². The second-order valence-electron chi connectivity index (χ2n) is 8.30. The second kappa shape index (κ2) is 11.0. The van der Waals surface area contributed by atoms with Gasteiger partial charge in [-0.05, 0) is 61.0 Å². The molecule has 136 valence electrons. The monoisotopic (exact) mass is 328 g/mol. The minimum atomic E-state index is 0.816. The van der Waals surface area contributed by atoms with E-state index in [-0.39, 0.29) is 0 Å². The minimum Gasteiger partial charge on any atom is -0.0654 e. The molecule has 0 radical (unpaired) electrons. The summed E-state index contributed by atoms with van der Waals surface area (Å²) in [4.78, 5) is 0. The summed E-state index contributed by atoms with van der Waals surface area (Å²) in [5.41, 5.74) is 3.14. The Bertz CT molecular complexity index is 430. The summed E-state index contributed by atoms with van der Waals surface area (Å²) < 4.78 is 0. The van der Waals surface area contributed by atoms with E-state index in [4.69, 9.17) is 0 Å². The predicted octanol–water partition coefficient (Wildman–Crippen LogP) is 7.91. The second-order valence-corrected chi connectivity index (χ2v) is 8.30. The lowest BCUT2D eigenvalue weighted by Crippen LogP contribution is -2.21. The molecule has 0 spiro atoms. The smallest absolute Gasteiger partial charge is 0.0159 e. The fourth-order valence-electron chi connectivity index (χ4n) is 4.55. The van der Waals surface area contributed by atoms with Crippen LogP contribution < -0.4 is 0 Å². The van der Waals surface area contributed by atoms with E-state index in [9.17, 15) is 0 Å². The van der Waals surface area contributed by atoms with Gasteiger partial charge in [0.25, 0.3) is 0 Å². The summed E-state index contributed by atoms with van der Waals surface area (Å²) >= 11 is 0. The highest BCUT2D eigenvalue weighted by Gasteiger charge is 2.27. The maximum absolute atomic E-state index is 2.50. The zero-order chi connectivity index (χ0) is 17.2. The van der Waals surface area contributed by atoms with Crippen LogP contribution in [-0.2, 0) is 6.42 Å². The molecule has 1 aromatic carbocycles. The molecule has 0 amide bonds. The zero-order valence-electron chi connectivity index (χ0n) is 16.5. The molecule has 1 saturated carbocycles. The molecule has 1 aromatic rings. The highest BCUT2D eigenvalue weighted by molar-refractivity contribution is 5.26. The number of rotatable bonds is 10. The van der Waals surface area contributed by atoms with Gasteiger partial charge in [-0.15, -0.1) is 0 Å². The Balaban J connectivity index is 1.77. The third-order valence-electron chi connectivity index (χ3n) is 6.30. The minimum absolute atomic E-state index is 0.816. The first-order chi connectivity index (χ1) is 11.7. The molecule has 3 atom stereocenters. The highest BCUT2D eigenvalue weighted by atomic mass is 14.3. The molecule has 0 bridgehead atoms. The molecule has 0 heteroatoms. The average Bonchev–Trinajstić information content (AvgIpc) is 2.61. The van der Waals surface area contributed by atoms with Gasteiger partial charge in [-0.3, -0.25) is 0 Å². The van der Waals surface area contributed by atoms with Crippen molar-refractivity contribution in [3.8, 4) is 0 Å². The van der Waals surface area contributed by atoms with Gasteiger partial charge in [0.1, 0.15) is 0 Å². The fraction of sp³-hybridized carbons (Fsp3) is 0.750. The van der Waals surface area contributed by atoms with E-state index in [1.165, 1.54) is 77.0 Å². The van der Waals surface area contributed by atoms with E-state index in [1.807, 2.05) is 0 Å². The molecule has 0 aromatic heterocycles. The van der Waals surface area contributed by atoms with Crippen LogP contribution in [0.25, 0.3) is 0 Å². The predicted molar refractivity (Wildman–Crippen MR) is 108 cm³/mol. The van der Waals surface area contributed by atoms with E-state index in [0.29, 0.717) is 0 Å². The largest absolute Gasteiger partial charge is 0.0654 e. The van der Waals surface area contributed by atoms with Crippen LogP contribution in [0.1, 0.15) is 108 Å². The average molecular weight is 329 g/mol. The van der Waals surface area contributed by atoms with Crippen molar-refractivity contribution in [2.24, 2.45) is 11.8 Å². The Morgan fingerprint density at radius 3 is 2.21 bits per heavy atom. The van der Waals surface area contributed by atoms with E-state index in [1.54, 1.807) is 11.1 Å². The zero-order valence-corrected chi connectivity index (χ0v) is 16.5. The lowest BCUT2D eigenvalue weighted by Gasteiger charge is -2.34. The molecule has 1 fully saturated rings. The molecule has 0 aliphatic heterocycles. The van der Waals surface area contributed by atoms with Crippen molar-refractivity contribution < 1.29 is 0 Å². The molecule has 0 saturated heterocycles. The Morgan fingerprint density at radius 2 is 1.54 bits per heavy atom. The van der Waals surface area contributed by atoms with Crippen LogP contribution in [0.2, 0.25) is 0 Å². The van der Waals surface area contributed by atoms with Gasteiger partial charge in [-0.1, -0.05) is 90.0 Å². The number of aryl methyl sites for hydroxylation is 1. The molecule has 24 heavy (non-hydrogen) atoms. The van der Waals surface area contributed by atoms with Gasteiger partial charge >= 0.3 is 0 Å². The van der Waals surface area contributed by atoms with Crippen molar-refractivity contribution in [1.29, 1.82) is 0 Å². The topological polar surface area (TPSA) is 0 Å². The highest BCUT2D eigenvalue weighted by Crippen LogP contribution is 2.41. The summed E-state index contributed by atoms with van der Waals surface area (Å²) in [6.45, 7) is 7.11. The Morgan fingerprint density at radius 1 is 0.833 bits per heavy atom. The van der Waals surface area contributed by atoms with Crippen molar-refractivity contribution >= 4 is 0 Å². The molecule has 3 unspecified atom stereocenters. The fourth-order valence-corrected chi connectivity index (χ4v) is 4.55. The summed E-state index contributed by atoms with van der Waals surface area (Å²) in [5, 5.41) is 0. The van der Waals surface area contributed by atoms with Gasteiger partial charge in [0.15, 0.2) is 0 Å². The summed E-state index contributed by atoms with van der Waals surface area (Å²) in [6.07, 6.45) is 16.7. The molecule has 1 aliphatic carbocycles. The molecular weight excluding hydrogens is 288 g/mol. The van der Waals surface area contributed by atoms with Gasteiger partial charge < -0.3 is 0 Å².